The van der Waals surface area contributed by atoms with Gasteiger partial charge in [-0.05, 0) is 45.2 Å². The van der Waals surface area contributed by atoms with Gasteiger partial charge in [-0.15, -0.1) is 11.8 Å². The number of carbonyl (C=O) groups excluding carboxylic acids is 1. The molecule has 0 bridgehead atoms. The number of hydrogen-bond donors (Lipinski definition) is 1. The average Bonchev–Trinajstić information content (AvgIpc) is 2.58. The zero-order valence-corrected chi connectivity index (χ0v) is 13.9. The summed E-state index contributed by atoms with van der Waals surface area (Å²) in [4.78, 5) is 16.2. The molecule has 0 radical (unpaired) electrons. The zero-order chi connectivity index (χ0) is 15.7. The Morgan fingerprint density at radius 3 is 2.36 bits per heavy atom. The number of fused-ring (bicyclic) bond motifs is 1. The second kappa shape index (κ2) is 5.78. The third-order valence-corrected chi connectivity index (χ3v) is 5.27. The van der Waals surface area contributed by atoms with E-state index in [1.165, 1.54) is 0 Å². The van der Waals surface area contributed by atoms with Crippen LogP contribution in [0.25, 0.3) is 0 Å². The van der Waals surface area contributed by atoms with Gasteiger partial charge in [-0.3, -0.25) is 9.69 Å². The van der Waals surface area contributed by atoms with Crippen molar-refractivity contribution in [3.8, 4) is 0 Å². The second-order valence-corrected chi connectivity index (χ2v) is 7.60. The van der Waals surface area contributed by atoms with Gasteiger partial charge in [-0.1, -0.05) is 30.3 Å². The van der Waals surface area contributed by atoms with E-state index in [-0.39, 0.29) is 16.7 Å². The first kappa shape index (κ1) is 15.1. The summed E-state index contributed by atoms with van der Waals surface area (Å²) in [7, 11) is 1.85. The van der Waals surface area contributed by atoms with Gasteiger partial charge in [0.05, 0.1) is 5.69 Å². The van der Waals surface area contributed by atoms with E-state index in [9.17, 15) is 4.79 Å². The summed E-state index contributed by atoms with van der Waals surface area (Å²) in [6.07, 6.45) is 0. The van der Waals surface area contributed by atoms with Crippen molar-refractivity contribution in [2.24, 2.45) is 0 Å². The maximum atomic E-state index is 13.2. The molecule has 1 atom stereocenters. The predicted octanol–water partition coefficient (Wildman–Crippen LogP) is 3.82. The molecule has 0 fully saturated rings. The number of hydrogen-bond acceptors (Lipinski definition) is 3. The molecule has 0 aromatic heterocycles. The molecule has 1 heterocycles. The molecule has 22 heavy (non-hydrogen) atoms. The van der Waals surface area contributed by atoms with E-state index in [2.05, 4.69) is 25.2 Å². The van der Waals surface area contributed by atoms with E-state index >= 15 is 0 Å². The number of carbonyl (C=O) groups is 1. The Hall–Kier alpha value is -1.78. The highest BCUT2D eigenvalue weighted by molar-refractivity contribution is 8.01. The first-order chi connectivity index (χ1) is 10.5. The fourth-order valence-electron chi connectivity index (χ4n) is 2.93. The molecule has 1 amide bonds. The number of anilines is 2. The minimum Gasteiger partial charge on any atom is -0.308 e. The highest BCUT2D eigenvalue weighted by atomic mass is 32.2. The second-order valence-electron chi connectivity index (χ2n) is 5.90. The first-order valence-electron chi connectivity index (χ1n) is 7.39. The summed E-state index contributed by atoms with van der Waals surface area (Å²) in [6, 6.07) is 17.7. The zero-order valence-electron chi connectivity index (χ0n) is 13.0. The normalized spacial score (nSPS) is 20.4. The van der Waals surface area contributed by atoms with E-state index in [0.717, 1.165) is 16.3 Å². The van der Waals surface area contributed by atoms with Gasteiger partial charge in [0.15, 0.2) is 0 Å². The molecule has 3 nitrogen and oxygen atoms in total. The van der Waals surface area contributed by atoms with Crippen LogP contribution in [0.3, 0.4) is 0 Å². The number of nitrogens with one attached hydrogen (secondary N) is 1. The number of para-hydroxylation sites is 2. The lowest BCUT2D eigenvalue weighted by Crippen LogP contribution is -2.52. The molecule has 2 aromatic rings. The lowest BCUT2D eigenvalue weighted by molar-refractivity contribution is -0.120. The molecule has 1 aliphatic rings. The summed E-state index contributed by atoms with van der Waals surface area (Å²) in [6.45, 7) is 4.23. The van der Waals surface area contributed by atoms with Crippen molar-refractivity contribution in [3.05, 3.63) is 54.6 Å². The van der Waals surface area contributed by atoms with E-state index in [0.29, 0.717) is 0 Å². The monoisotopic (exact) mass is 312 g/mol. The molecule has 114 valence electrons. The Morgan fingerprint density at radius 2 is 1.68 bits per heavy atom. The highest BCUT2D eigenvalue weighted by Crippen LogP contribution is 2.46. The number of likely N-dealkylation sites (N-methyl/N-ethyl adjacent to an activating group) is 1. The molecule has 3 rings (SSSR count). The SMILES string of the molecule is CNC1C(=O)N(c2ccccc2)c2ccccc2SC1(C)C. The Morgan fingerprint density at radius 1 is 1.05 bits per heavy atom. The quantitative estimate of drug-likeness (QED) is 0.915. The molecular formula is C18H20N2OS. The number of benzene rings is 2. The maximum Gasteiger partial charge on any atom is 0.250 e. The van der Waals surface area contributed by atoms with E-state index in [4.69, 9.17) is 0 Å². The lowest BCUT2D eigenvalue weighted by atomic mass is 10.0. The van der Waals surface area contributed by atoms with Gasteiger partial charge >= 0.3 is 0 Å². The Kier molecular flexibility index (Phi) is 3.98. The highest BCUT2D eigenvalue weighted by Gasteiger charge is 2.42. The van der Waals surface area contributed by atoms with Crippen LogP contribution in [0.5, 0.6) is 0 Å². The van der Waals surface area contributed by atoms with Crippen LogP contribution in [-0.2, 0) is 4.79 Å². The van der Waals surface area contributed by atoms with Crippen molar-refractivity contribution in [1.29, 1.82) is 0 Å². The largest absolute Gasteiger partial charge is 0.308 e. The van der Waals surface area contributed by atoms with Crippen LogP contribution in [0.1, 0.15) is 13.8 Å². The topological polar surface area (TPSA) is 32.3 Å². The summed E-state index contributed by atoms with van der Waals surface area (Å²) in [5.41, 5.74) is 1.85. The van der Waals surface area contributed by atoms with Crippen LogP contribution in [0.15, 0.2) is 59.5 Å². The van der Waals surface area contributed by atoms with Crippen molar-refractivity contribution in [2.75, 3.05) is 11.9 Å². The van der Waals surface area contributed by atoms with Crippen LogP contribution >= 0.6 is 11.8 Å². The molecule has 0 saturated carbocycles. The van der Waals surface area contributed by atoms with Gasteiger partial charge < -0.3 is 5.32 Å². The van der Waals surface area contributed by atoms with Gasteiger partial charge in [0, 0.05) is 15.3 Å². The van der Waals surface area contributed by atoms with Crippen LogP contribution in [0.2, 0.25) is 0 Å². The third-order valence-electron chi connectivity index (χ3n) is 3.94. The van der Waals surface area contributed by atoms with Crippen LogP contribution in [0.4, 0.5) is 11.4 Å². The van der Waals surface area contributed by atoms with Crippen molar-refractivity contribution >= 4 is 29.0 Å². The number of nitrogens with zero attached hydrogens (tertiary/aromatic N) is 1. The number of rotatable bonds is 2. The molecule has 1 aliphatic heterocycles. The Labute approximate surface area is 135 Å². The fraction of sp³-hybridized carbons (Fsp3) is 0.278. The van der Waals surface area contributed by atoms with Crippen molar-refractivity contribution in [1.82, 2.24) is 5.32 Å². The number of amides is 1. The summed E-state index contributed by atoms with van der Waals surface area (Å²) < 4.78 is -0.231. The molecule has 4 heteroatoms. The maximum absolute atomic E-state index is 13.2. The van der Waals surface area contributed by atoms with E-state index < -0.39 is 0 Å². The van der Waals surface area contributed by atoms with Crippen molar-refractivity contribution < 1.29 is 4.79 Å². The first-order valence-corrected chi connectivity index (χ1v) is 8.20. The van der Waals surface area contributed by atoms with Gasteiger partial charge in [0.25, 0.3) is 0 Å². The smallest absolute Gasteiger partial charge is 0.250 e. The van der Waals surface area contributed by atoms with Crippen LogP contribution < -0.4 is 10.2 Å². The lowest BCUT2D eigenvalue weighted by Gasteiger charge is -2.32. The Balaban J connectivity index is 2.20. The fourth-order valence-corrected chi connectivity index (χ4v) is 4.24. The van der Waals surface area contributed by atoms with Crippen LogP contribution in [-0.4, -0.2) is 23.7 Å². The molecule has 0 aliphatic carbocycles. The average molecular weight is 312 g/mol. The van der Waals surface area contributed by atoms with E-state index in [1.54, 1.807) is 11.8 Å². The van der Waals surface area contributed by atoms with Gasteiger partial charge in [0.2, 0.25) is 5.91 Å². The molecular weight excluding hydrogens is 292 g/mol. The summed E-state index contributed by atoms with van der Waals surface area (Å²) in [5.74, 6) is 0.0798. The standard InChI is InChI=1S/C18H20N2OS/c1-18(2)16(19-3)17(21)20(13-9-5-4-6-10-13)14-11-7-8-12-15(14)22-18/h4-12,16,19H,1-3H3. The molecule has 1 N–H and O–H groups in total. The van der Waals surface area contributed by atoms with Crippen molar-refractivity contribution in [2.45, 2.75) is 29.5 Å². The Bertz CT molecular complexity index is 684. The summed E-state index contributed by atoms with van der Waals surface area (Å²) in [5, 5.41) is 3.21. The number of thioether (sulfide) groups is 1. The minimum absolute atomic E-state index is 0.0798. The van der Waals surface area contributed by atoms with Gasteiger partial charge in [-0.25, -0.2) is 0 Å². The predicted molar refractivity (Wildman–Crippen MR) is 92.8 cm³/mol. The third kappa shape index (κ3) is 2.53. The molecule has 1 unspecified atom stereocenters. The van der Waals surface area contributed by atoms with Gasteiger partial charge in [0.1, 0.15) is 6.04 Å². The van der Waals surface area contributed by atoms with E-state index in [1.807, 2.05) is 60.5 Å². The van der Waals surface area contributed by atoms with Gasteiger partial charge in [-0.2, -0.15) is 0 Å². The van der Waals surface area contributed by atoms with Crippen LogP contribution in [0, 0.1) is 0 Å². The minimum atomic E-state index is -0.259. The summed E-state index contributed by atoms with van der Waals surface area (Å²) >= 11 is 1.74. The van der Waals surface area contributed by atoms with Crippen molar-refractivity contribution in [3.63, 3.8) is 0 Å². The molecule has 0 saturated heterocycles. The molecule has 2 aromatic carbocycles. The molecule has 0 spiro atoms.